The summed E-state index contributed by atoms with van der Waals surface area (Å²) in [6.07, 6.45) is 0. The van der Waals surface area contributed by atoms with Gasteiger partial charge in [-0.05, 0) is 36.4 Å². The summed E-state index contributed by atoms with van der Waals surface area (Å²) in [6, 6.07) is 4.81. The third-order valence-corrected chi connectivity index (χ3v) is 3.18. The second-order valence-corrected chi connectivity index (χ2v) is 4.68. The predicted octanol–water partition coefficient (Wildman–Crippen LogP) is 2.28. The zero-order valence-corrected chi connectivity index (χ0v) is 10.3. The van der Waals surface area contributed by atoms with Gasteiger partial charge >= 0.3 is 5.63 Å². The molecular weight excluding hydrogens is 254 g/mol. The molecule has 0 radical (unpaired) electrons. The fraction of sp³-hybridized carbons (Fsp3) is 0.167. The van der Waals surface area contributed by atoms with Crippen LogP contribution in [-0.2, 0) is 0 Å². The van der Waals surface area contributed by atoms with Crippen molar-refractivity contribution >= 4 is 33.8 Å². The number of aryl methyl sites for hydroxylation is 1. The Labute approximate surface area is 105 Å². The van der Waals surface area contributed by atoms with Gasteiger partial charge in [0.05, 0.1) is 11.3 Å². The largest absolute Gasteiger partial charge is 0.431 e. The van der Waals surface area contributed by atoms with Gasteiger partial charge in [0.1, 0.15) is 11.1 Å². The maximum Gasteiger partial charge on any atom is 0.336 e. The van der Waals surface area contributed by atoms with Gasteiger partial charge in [-0.3, -0.25) is 0 Å². The number of fused-ring (bicyclic) bond motifs is 3. The van der Waals surface area contributed by atoms with Gasteiger partial charge in [0.15, 0.2) is 5.58 Å². The normalized spacial score (nSPS) is 11.4. The zero-order valence-electron chi connectivity index (χ0n) is 9.47. The van der Waals surface area contributed by atoms with E-state index in [0.29, 0.717) is 21.9 Å². The lowest BCUT2D eigenvalue weighted by Crippen LogP contribution is -1.97. The van der Waals surface area contributed by atoms with Gasteiger partial charge in [-0.15, -0.1) is 0 Å². The lowest BCUT2D eigenvalue weighted by molar-refractivity contribution is 0.371. The molecule has 3 rings (SSSR count). The zero-order chi connectivity index (χ0) is 12.7. The van der Waals surface area contributed by atoms with E-state index in [-0.39, 0.29) is 11.6 Å². The molecular formula is C12H9NO4S. The van der Waals surface area contributed by atoms with E-state index in [1.165, 1.54) is 6.07 Å². The molecule has 0 aliphatic heterocycles. The van der Waals surface area contributed by atoms with Crippen molar-refractivity contribution in [3.63, 3.8) is 0 Å². The number of nitrogens with zero attached hydrogens (tertiary/aromatic N) is 1. The molecule has 2 heterocycles. The molecule has 0 bridgehead atoms. The highest BCUT2D eigenvalue weighted by Crippen LogP contribution is 2.30. The molecule has 0 amide bonds. The van der Waals surface area contributed by atoms with Crippen LogP contribution in [0.3, 0.4) is 0 Å². The van der Waals surface area contributed by atoms with Crippen LogP contribution in [0.1, 0.15) is 5.56 Å². The van der Waals surface area contributed by atoms with Crippen LogP contribution in [0, 0.1) is 6.92 Å². The Kier molecular flexibility index (Phi) is 2.61. The first-order valence-corrected chi connectivity index (χ1v) is 6.25. The van der Waals surface area contributed by atoms with Crippen LogP contribution in [-0.4, -0.2) is 16.0 Å². The maximum atomic E-state index is 11.3. The topological polar surface area (TPSA) is 76.5 Å². The molecule has 2 aromatic heterocycles. The molecule has 1 aromatic carbocycles. The molecule has 0 saturated heterocycles. The van der Waals surface area contributed by atoms with Gasteiger partial charge in [-0.25, -0.2) is 9.78 Å². The van der Waals surface area contributed by atoms with Crippen LogP contribution in [0.4, 0.5) is 0 Å². The van der Waals surface area contributed by atoms with Gasteiger partial charge < -0.3 is 13.9 Å². The van der Waals surface area contributed by atoms with Gasteiger partial charge in [0.25, 0.3) is 5.22 Å². The molecule has 0 unspecified atom stereocenters. The van der Waals surface area contributed by atoms with Crippen LogP contribution in [0.5, 0.6) is 0 Å². The Balaban J connectivity index is 2.41. The molecule has 92 valence electrons. The van der Waals surface area contributed by atoms with E-state index in [1.807, 2.05) is 6.92 Å². The molecule has 1 N–H and O–H groups in total. The van der Waals surface area contributed by atoms with Crippen LogP contribution in [0.15, 0.2) is 37.1 Å². The number of rotatable bonds is 2. The van der Waals surface area contributed by atoms with Gasteiger partial charge in [0, 0.05) is 6.07 Å². The second kappa shape index (κ2) is 4.15. The average Bonchev–Trinajstić information content (AvgIpc) is 2.70. The van der Waals surface area contributed by atoms with Crippen LogP contribution >= 0.6 is 11.8 Å². The highest BCUT2D eigenvalue weighted by Gasteiger charge is 2.13. The van der Waals surface area contributed by atoms with Crippen LogP contribution < -0.4 is 5.63 Å². The molecule has 0 aliphatic carbocycles. The van der Waals surface area contributed by atoms with Crippen molar-refractivity contribution in [3.05, 3.63) is 34.2 Å². The molecule has 3 aromatic rings. The first-order chi connectivity index (χ1) is 8.69. The maximum absolute atomic E-state index is 11.3. The van der Waals surface area contributed by atoms with E-state index >= 15 is 0 Å². The summed E-state index contributed by atoms with van der Waals surface area (Å²) in [7, 11) is 0. The Morgan fingerprint density at radius 3 is 2.89 bits per heavy atom. The van der Waals surface area contributed by atoms with E-state index < -0.39 is 0 Å². The van der Waals surface area contributed by atoms with E-state index in [2.05, 4.69) is 4.98 Å². The van der Waals surface area contributed by atoms with E-state index in [0.717, 1.165) is 22.7 Å². The molecule has 6 heteroatoms. The number of aromatic nitrogens is 1. The second-order valence-electron chi connectivity index (χ2n) is 3.79. The Morgan fingerprint density at radius 2 is 2.11 bits per heavy atom. The van der Waals surface area contributed by atoms with Crippen molar-refractivity contribution in [2.45, 2.75) is 12.1 Å². The summed E-state index contributed by atoms with van der Waals surface area (Å²) in [4.78, 5) is 15.6. The molecule has 0 saturated carbocycles. The van der Waals surface area contributed by atoms with E-state index in [1.54, 1.807) is 12.1 Å². The van der Waals surface area contributed by atoms with Crippen molar-refractivity contribution in [2.75, 3.05) is 5.94 Å². The van der Waals surface area contributed by atoms with Crippen molar-refractivity contribution in [3.8, 4) is 0 Å². The van der Waals surface area contributed by atoms with Crippen LogP contribution in [0.25, 0.3) is 22.1 Å². The van der Waals surface area contributed by atoms with E-state index in [4.69, 9.17) is 13.9 Å². The van der Waals surface area contributed by atoms with E-state index in [9.17, 15) is 4.79 Å². The fourth-order valence-electron chi connectivity index (χ4n) is 1.92. The van der Waals surface area contributed by atoms with Gasteiger partial charge in [-0.2, -0.15) is 0 Å². The summed E-state index contributed by atoms with van der Waals surface area (Å²) in [6.45, 7) is 1.83. The van der Waals surface area contributed by atoms with Crippen molar-refractivity contribution in [1.29, 1.82) is 0 Å². The standard InChI is InChI=1S/C12H9NO4S/c1-6-4-9(15)16-7-2-3-8-11(10(6)7)13-12(17-8)18-5-14/h2-4,14H,5H2,1H3. The van der Waals surface area contributed by atoms with Gasteiger partial charge in [0.2, 0.25) is 0 Å². The molecule has 0 fully saturated rings. The third kappa shape index (κ3) is 1.70. The minimum atomic E-state index is -0.382. The molecule has 18 heavy (non-hydrogen) atoms. The first kappa shape index (κ1) is 11.3. The Morgan fingerprint density at radius 1 is 1.33 bits per heavy atom. The first-order valence-electron chi connectivity index (χ1n) is 5.26. The average molecular weight is 263 g/mol. The van der Waals surface area contributed by atoms with Crippen molar-refractivity contribution in [1.82, 2.24) is 4.98 Å². The highest BCUT2D eigenvalue weighted by atomic mass is 32.2. The third-order valence-electron chi connectivity index (χ3n) is 2.63. The summed E-state index contributed by atoms with van der Waals surface area (Å²) in [5.74, 6) is -0.0984. The summed E-state index contributed by atoms with van der Waals surface area (Å²) in [5, 5.41) is 10.0. The number of hydrogen-bond donors (Lipinski definition) is 1. The van der Waals surface area contributed by atoms with Gasteiger partial charge in [-0.1, -0.05) is 0 Å². The Bertz CT molecular complexity index is 790. The lowest BCUT2D eigenvalue weighted by Gasteiger charge is -1.99. The SMILES string of the molecule is Cc1cc(=O)oc2ccc3oc(SCO)nc3c12. The number of aliphatic hydroxyl groups excluding tert-OH is 1. The monoisotopic (exact) mass is 263 g/mol. The minimum absolute atomic E-state index is 0.0984. The number of aliphatic hydroxyl groups is 1. The number of benzene rings is 1. The minimum Gasteiger partial charge on any atom is -0.431 e. The smallest absolute Gasteiger partial charge is 0.336 e. The summed E-state index contributed by atoms with van der Waals surface area (Å²) in [5.41, 5.74) is 2.15. The Hall–Kier alpha value is -1.79. The molecule has 0 spiro atoms. The van der Waals surface area contributed by atoms with Crippen molar-refractivity contribution < 1.29 is 13.9 Å². The highest BCUT2D eigenvalue weighted by molar-refractivity contribution is 7.98. The summed E-state index contributed by atoms with van der Waals surface area (Å²) < 4.78 is 10.6. The molecule has 0 aliphatic rings. The quantitative estimate of drug-likeness (QED) is 0.434. The number of oxazole rings is 1. The predicted molar refractivity (Wildman–Crippen MR) is 67.7 cm³/mol. The molecule has 5 nitrogen and oxygen atoms in total. The lowest BCUT2D eigenvalue weighted by atomic mass is 10.1. The van der Waals surface area contributed by atoms with Crippen molar-refractivity contribution in [2.24, 2.45) is 0 Å². The number of hydrogen-bond acceptors (Lipinski definition) is 6. The number of thioether (sulfide) groups is 1. The molecule has 0 atom stereocenters. The fourth-order valence-corrected chi connectivity index (χ4v) is 2.34. The summed E-state index contributed by atoms with van der Waals surface area (Å²) >= 11 is 1.10. The van der Waals surface area contributed by atoms with Crippen LogP contribution in [0.2, 0.25) is 0 Å².